The molecule has 0 aliphatic heterocycles. The fourth-order valence-corrected chi connectivity index (χ4v) is 3.22. The molecule has 2 N–H and O–H groups in total. The number of hydrogen-bond donors (Lipinski definition) is 2. The van der Waals surface area contributed by atoms with Gasteiger partial charge in [0.15, 0.2) is 0 Å². The van der Waals surface area contributed by atoms with E-state index in [2.05, 4.69) is 21.2 Å². The standard InChI is InChI=1S/C13H9BrClNO3S/c1-6-5-20-11(9(6)15)12(17)16-10-7(13(18)19)3-2-4-8(10)14/h2-5H,1H3,(H,16,17)(H,18,19). The molecule has 20 heavy (non-hydrogen) atoms. The molecule has 4 nitrogen and oxygen atoms in total. The summed E-state index contributed by atoms with van der Waals surface area (Å²) in [7, 11) is 0. The molecule has 0 spiro atoms. The number of thiophene rings is 1. The monoisotopic (exact) mass is 373 g/mol. The second-order valence-electron chi connectivity index (χ2n) is 3.98. The van der Waals surface area contributed by atoms with Crippen molar-refractivity contribution >= 4 is 56.4 Å². The van der Waals surface area contributed by atoms with Gasteiger partial charge in [-0.15, -0.1) is 11.3 Å². The quantitative estimate of drug-likeness (QED) is 0.835. The molecule has 2 aromatic rings. The SMILES string of the molecule is Cc1csc(C(=O)Nc2c(Br)cccc2C(=O)O)c1Cl. The Labute approximate surface area is 132 Å². The summed E-state index contributed by atoms with van der Waals surface area (Å²) in [5.74, 6) is -1.54. The van der Waals surface area contributed by atoms with Crippen molar-refractivity contribution in [2.45, 2.75) is 6.92 Å². The lowest BCUT2D eigenvalue weighted by atomic mass is 10.2. The molecule has 0 aliphatic rings. The molecular formula is C13H9BrClNO3S. The molecule has 2 rings (SSSR count). The number of carbonyl (C=O) groups is 2. The Balaban J connectivity index is 2.38. The molecule has 104 valence electrons. The number of halogens is 2. The van der Waals surface area contributed by atoms with Crippen LogP contribution in [0, 0.1) is 6.92 Å². The van der Waals surface area contributed by atoms with Crippen LogP contribution in [0.15, 0.2) is 28.1 Å². The second kappa shape index (κ2) is 5.95. The fraction of sp³-hybridized carbons (Fsp3) is 0.0769. The first-order valence-corrected chi connectivity index (χ1v) is 7.53. The predicted molar refractivity (Wildman–Crippen MR) is 83.1 cm³/mol. The zero-order valence-corrected chi connectivity index (χ0v) is 13.4. The lowest BCUT2D eigenvalue weighted by Gasteiger charge is -2.10. The molecule has 0 radical (unpaired) electrons. The highest BCUT2D eigenvalue weighted by Crippen LogP contribution is 2.31. The zero-order chi connectivity index (χ0) is 14.9. The number of aryl methyl sites for hydroxylation is 1. The van der Waals surface area contributed by atoms with Gasteiger partial charge in [0.2, 0.25) is 0 Å². The van der Waals surface area contributed by atoms with Crippen LogP contribution in [0.3, 0.4) is 0 Å². The molecule has 1 aromatic carbocycles. The largest absolute Gasteiger partial charge is 0.478 e. The molecule has 0 atom stereocenters. The van der Waals surface area contributed by atoms with Crippen molar-refractivity contribution in [3.05, 3.63) is 49.1 Å². The molecular weight excluding hydrogens is 366 g/mol. The summed E-state index contributed by atoms with van der Waals surface area (Å²) < 4.78 is 0.496. The van der Waals surface area contributed by atoms with Crippen molar-refractivity contribution < 1.29 is 14.7 Å². The van der Waals surface area contributed by atoms with Crippen LogP contribution in [0.5, 0.6) is 0 Å². The molecule has 0 bridgehead atoms. The van der Waals surface area contributed by atoms with Gasteiger partial charge in [0.05, 0.1) is 16.3 Å². The Kier molecular flexibility index (Phi) is 4.47. The number of aromatic carboxylic acids is 1. The lowest BCUT2D eigenvalue weighted by molar-refractivity contribution is 0.0698. The number of carboxylic acid groups (broad SMARTS) is 1. The summed E-state index contributed by atoms with van der Waals surface area (Å²) in [4.78, 5) is 23.7. The summed E-state index contributed by atoms with van der Waals surface area (Å²) in [6.45, 7) is 1.80. The predicted octanol–water partition coefficient (Wildman–Crippen LogP) is 4.42. The van der Waals surface area contributed by atoms with E-state index in [4.69, 9.17) is 16.7 Å². The van der Waals surface area contributed by atoms with Gasteiger partial charge < -0.3 is 10.4 Å². The van der Waals surface area contributed by atoms with E-state index in [1.165, 1.54) is 17.4 Å². The van der Waals surface area contributed by atoms with Gasteiger partial charge in [-0.05, 0) is 45.9 Å². The van der Waals surface area contributed by atoms with Gasteiger partial charge in [0, 0.05) is 4.47 Å². The molecule has 0 saturated carbocycles. The highest BCUT2D eigenvalue weighted by molar-refractivity contribution is 9.10. The minimum absolute atomic E-state index is 0.0112. The van der Waals surface area contributed by atoms with Crippen LogP contribution in [-0.4, -0.2) is 17.0 Å². The average molecular weight is 375 g/mol. The topological polar surface area (TPSA) is 66.4 Å². The summed E-state index contributed by atoms with van der Waals surface area (Å²) >= 11 is 10.5. The third-order valence-electron chi connectivity index (χ3n) is 2.59. The Hall–Kier alpha value is -1.37. The van der Waals surface area contributed by atoms with Gasteiger partial charge >= 0.3 is 5.97 Å². The number of nitrogens with one attached hydrogen (secondary N) is 1. The fourth-order valence-electron chi connectivity index (χ4n) is 1.58. The van der Waals surface area contributed by atoms with Crippen LogP contribution in [0.2, 0.25) is 5.02 Å². The molecule has 1 aromatic heterocycles. The summed E-state index contributed by atoms with van der Waals surface area (Å²) in [6.07, 6.45) is 0. The van der Waals surface area contributed by atoms with Gasteiger partial charge in [0.1, 0.15) is 4.88 Å². The van der Waals surface area contributed by atoms with E-state index in [9.17, 15) is 9.59 Å². The second-order valence-corrected chi connectivity index (χ2v) is 6.10. The minimum Gasteiger partial charge on any atom is -0.478 e. The van der Waals surface area contributed by atoms with Crippen molar-refractivity contribution in [3.8, 4) is 0 Å². The van der Waals surface area contributed by atoms with Gasteiger partial charge in [-0.2, -0.15) is 0 Å². The highest BCUT2D eigenvalue weighted by Gasteiger charge is 2.19. The molecule has 0 aliphatic carbocycles. The third kappa shape index (κ3) is 2.87. The number of amides is 1. The Morgan fingerprint density at radius 2 is 2.10 bits per heavy atom. The Bertz CT molecular complexity index is 699. The highest BCUT2D eigenvalue weighted by atomic mass is 79.9. The molecule has 1 heterocycles. The number of benzene rings is 1. The van der Waals surface area contributed by atoms with Crippen molar-refractivity contribution in [3.63, 3.8) is 0 Å². The number of anilines is 1. The third-order valence-corrected chi connectivity index (χ3v) is 4.94. The minimum atomic E-state index is -1.12. The van der Waals surface area contributed by atoms with Gasteiger partial charge in [0.25, 0.3) is 5.91 Å². The smallest absolute Gasteiger partial charge is 0.337 e. The molecule has 0 unspecified atom stereocenters. The normalized spacial score (nSPS) is 10.3. The van der Waals surface area contributed by atoms with Gasteiger partial charge in [-0.1, -0.05) is 17.7 Å². The zero-order valence-electron chi connectivity index (χ0n) is 10.2. The first-order chi connectivity index (χ1) is 9.41. The first-order valence-electron chi connectivity index (χ1n) is 5.48. The Morgan fingerprint density at radius 3 is 2.65 bits per heavy atom. The van der Waals surface area contributed by atoms with E-state index >= 15 is 0 Å². The van der Waals surface area contributed by atoms with Gasteiger partial charge in [-0.25, -0.2) is 4.79 Å². The lowest BCUT2D eigenvalue weighted by Crippen LogP contribution is -2.14. The maximum atomic E-state index is 12.2. The van der Waals surface area contributed by atoms with Crippen LogP contribution in [0.1, 0.15) is 25.6 Å². The van der Waals surface area contributed by atoms with Crippen LogP contribution < -0.4 is 5.32 Å². The van der Waals surface area contributed by atoms with E-state index in [0.29, 0.717) is 14.4 Å². The summed E-state index contributed by atoms with van der Waals surface area (Å²) in [5.41, 5.74) is 1.04. The maximum Gasteiger partial charge on any atom is 0.337 e. The Morgan fingerprint density at radius 1 is 1.40 bits per heavy atom. The van der Waals surface area contributed by atoms with Crippen molar-refractivity contribution in [2.24, 2.45) is 0 Å². The van der Waals surface area contributed by atoms with E-state index in [-0.39, 0.29) is 11.3 Å². The number of hydrogen-bond acceptors (Lipinski definition) is 3. The van der Waals surface area contributed by atoms with Crippen molar-refractivity contribution in [1.82, 2.24) is 0 Å². The maximum absolute atomic E-state index is 12.2. The number of rotatable bonds is 3. The number of carboxylic acids is 1. The van der Waals surface area contributed by atoms with E-state index < -0.39 is 11.9 Å². The van der Waals surface area contributed by atoms with Crippen LogP contribution in [-0.2, 0) is 0 Å². The van der Waals surface area contributed by atoms with Gasteiger partial charge in [-0.3, -0.25) is 4.79 Å². The molecule has 0 saturated heterocycles. The first kappa shape index (κ1) is 15.0. The van der Waals surface area contributed by atoms with Crippen molar-refractivity contribution in [2.75, 3.05) is 5.32 Å². The van der Waals surface area contributed by atoms with Crippen LogP contribution in [0.4, 0.5) is 5.69 Å². The van der Waals surface area contributed by atoms with E-state index in [1.807, 2.05) is 0 Å². The molecule has 7 heteroatoms. The van der Waals surface area contributed by atoms with Crippen LogP contribution in [0.25, 0.3) is 0 Å². The summed E-state index contributed by atoms with van der Waals surface area (Å²) in [6, 6.07) is 4.67. The molecule has 1 amide bonds. The number of para-hydroxylation sites is 1. The molecule has 0 fully saturated rings. The number of carbonyl (C=O) groups excluding carboxylic acids is 1. The van der Waals surface area contributed by atoms with E-state index in [0.717, 1.165) is 5.56 Å². The van der Waals surface area contributed by atoms with Crippen LogP contribution >= 0.6 is 38.9 Å². The average Bonchev–Trinajstić information content (AvgIpc) is 2.72. The van der Waals surface area contributed by atoms with Crippen molar-refractivity contribution in [1.29, 1.82) is 0 Å². The summed E-state index contributed by atoms with van der Waals surface area (Å²) in [5, 5.41) is 13.9. The van der Waals surface area contributed by atoms with E-state index in [1.54, 1.807) is 24.4 Å².